The van der Waals surface area contributed by atoms with Crippen LogP contribution in [-0.4, -0.2) is 51.7 Å². The Balaban J connectivity index is 1.47. The molecule has 0 unspecified atom stereocenters. The summed E-state index contributed by atoms with van der Waals surface area (Å²) in [5, 5.41) is 4.51. The Morgan fingerprint density at radius 1 is 1.24 bits per heavy atom. The summed E-state index contributed by atoms with van der Waals surface area (Å²) in [6.07, 6.45) is 7.84. The lowest BCUT2D eigenvalue weighted by molar-refractivity contribution is -0.128. The highest BCUT2D eigenvalue weighted by atomic mass is 16.2. The van der Waals surface area contributed by atoms with Gasteiger partial charge in [-0.15, -0.1) is 0 Å². The van der Waals surface area contributed by atoms with Crippen molar-refractivity contribution in [3.05, 3.63) is 18.0 Å². The summed E-state index contributed by atoms with van der Waals surface area (Å²) in [6.45, 7) is 5.02. The van der Waals surface area contributed by atoms with Gasteiger partial charge in [0.05, 0.1) is 11.7 Å². The van der Waals surface area contributed by atoms with E-state index in [1.54, 1.807) is 0 Å². The van der Waals surface area contributed by atoms with E-state index in [9.17, 15) is 4.79 Å². The van der Waals surface area contributed by atoms with Gasteiger partial charge in [0.2, 0.25) is 5.91 Å². The van der Waals surface area contributed by atoms with Crippen molar-refractivity contribution >= 4 is 5.91 Å². The largest absolute Gasteiger partial charge is 0.340 e. The van der Waals surface area contributed by atoms with Gasteiger partial charge < -0.3 is 4.90 Å². The average molecular weight is 288 g/mol. The number of hydrogen-bond acceptors (Lipinski definition) is 3. The molecule has 0 aromatic carbocycles. The molecule has 4 rings (SSSR count). The minimum Gasteiger partial charge on any atom is -0.340 e. The molecular weight excluding hydrogens is 264 g/mol. The highest BCUT2D eigenvalue weighted by Crippen LogP contribution is 2.30. The lowest BCUT2D eigenvalue weighted by Crippen LogP contribution is -2.45. The maximum Gasteiger partial charge on any atom is 0.222 e. The lowest BCUT2D eigenvalue weighted by atomic mass is 9.85. The first kappa shape index (κ1) is 13.3. The first-order chi connectivity index (χ1) is 10.3. The molecule has 1 atom stereocenters. The van der Waals surface area contributed by atoms with Crippen molar-refractivity contribution in [3.8, 4) is 0 Å². The molecule has 114 valence electrons. The second kappa shape index (κ2) is 5.44. The van der Waals surface area contributed by atoms with Crippen LogP contribution in [0.25, 0.3) is 0 Å². The number of carbonyl (C=O) groups is 1. The fourth-order valence-electron chi connectivity index (χ4n) is 3.93. The lowest BCUT2D eigenvalue weighted by Gasteiger charge is -2.39. The minimum absolute atomic E-state index is 0.319. The second-order valence-corrected chi connectivity index (χ2v) is 6.86. The van der Waals surface area contributed by atoms with Crippen LogP contribution >= 0.6 is 0 Å². The van der Waals surface area contributed by atoms with Crippen LogP contribution in [-0.2, 0) is 11.3 Å². The molecule has 1 aromatic heterocycles. The van der Waals surface area contributed by atoms with E-state index in [4.69, 9.17) is 0 Å². The second-order valence-electron chi connectivity index (χ2n) is 6.86. The van der Waals surface area contributed by atoms with Crippen LogP contribution in [0.15, 0.2) is 12.3 Å². The molecule has 0 N–H and O–H groups in total. The molecule has 3 aliphatic rings. The zero-order chi connectivity index (χ0) is 14.2. The summed E-state index contributed by atoms with van der Waals surface area (Å²) in [7, 11) is 0. The third-order valence-corrected chi connectivity index (χ3v) is 5.30. The van der Waals surface area contributed by atoms with Crippen LogP contribution in [0, 0.1) is 5.92 Å². The van der Waals surface area contributed by atoms with Crippen LogP contribution in [0.1, 0.15) is 43.8 Å². The highest BCUT2D eigenvalue weighted by Gasteiger charge is 2.31. The first-order valence-electron chi connectivity index (χ1n) is 8.32. The predicted molar refractivity (Wildman–Crippen MR) is 79.7 cm³/mol. The van der Waals surface area contributed by atoms with Gasteiger partial charge in [0.25, 0.3) is 0 Å². The number of aromatic nitrogens is 2. The van der Waals surface area contributed by atoms with E-state index in [0.29, 0.717) is 11.9 Å². The van der Waals surface area contributed by atoms with E-state index >= 15 is 0 Å². The molecule has 0 radical (unpaired) electrons. The fourth-order valence-corrected chi connectivity index (χ4v) is 3.93. The van der Waals surface area contributed by atoms with Gasteiger partial charge in [0, 0.05) is 45.3 Å². The molecule has 5 heteroatoms. The van der Waals surface area contributed by atoms with E-state index in [1.807, 2.05) is 11.1 Å². The normalized spacial score (nSPS) is 27.0. The van der Waals surface area contributed by atoms with Crippen molar-refractivity contribution in [1.29, 1.82) is 0 Å². The first-order valence-corrected chi connectivity index (χ1v) is 8.32. The SMILES string of the molecule is O=C1CCCN1C[C@H]1CN(CC2CCC2)Cc2ccnn21. The van der Waals surface area contributed by atoms with Gasteiger partial charge in [0.15, 0.2) is 0 Å². The Bertz CT molecular complexity index is 522. The smallest absolute Gasteiger partial charge is 0.222 e. The fraction of sp³-hybridized carbons (Fsp3) is 0.750. The molecule has 21 heavy (non-hydrogen) atoms. The van der Waals surface area contributed by atoms with Crippen molar-refractivity contribution < 1.29 is 4.79 Å². The Morgan fingerprint density at radius 2 is 2.14 bits per heavy atom. The standard InChI is InChI=1S/C16H24N4O/c21-16-5-2-8-19(16)12-15-11-18(9-13-3-1-4-13)10-14-6-7-17-20(14)15/h6-7,13,15H,1-5,8-12H2/t15-/m1/s1. The van der Waals surface area contributed by atoms with Gasteiger partial charge in [-0.1, -0.05) is 6.42 Å². The number of rotatable bonds is 4. The number of fused-ring (bicyclic) bond motifs is 1. The summed E-state index contributed by atoms with van der Waals surface area (Å²) >= 11 is 0. The van der Waals surface area contributed by atoms with Gasteiger partial charge in [-0.3, -0.25) is 14.4 Å². The van der Waals surface area contributed by atoms with E-state index in [0.717, 1.165) is 44.9 Å². The molecule has 1 saturated heterocycles. The molecule has 2 aliphatic heterocycles. The highest BCUT2D eigenvalue weighted by molar-refractivity contribution is 5.78. The monoisotopic (exact) mass is 288 g/mol. The van der Waals surface area contributed by atoms with Gasteiger partial charge >= 0.3 is 0 Å². The third-order valence-electron chi connectivity index (χ3n) is 5.30. The minimum atomic E-state index is 0.319. The van der Waals surface area contributed by atoms with E-state index in [2.05, 4.69) is 20.7 Å². The summed E-state index contributed by atoms with van der Waals surface area (Å²) < 4.78 is 2.16. The third kappa shape index (κ3) is 2.59. The van der Waals surface area contributed by atoms with E-state index in [1.165, 1.54) is 31.5 Å². The van der Waals surface area contributed by atoms with Gasteiger partial charge in [0.1, 0.15) is 0 Å². The summed E-state index contributed by atoms with van der Waals surface area (Å²) in [5.41, 5.74) is 1.30. The Hall–Kier alpha value is -1.36. The molecule has 3 heterocycles. The molecule has 1 aromatic rings. The van der Waals surface area contributed by atoms with Crippen LogP contribution < -0.4 is 0 Å². The number of hydrogen-bond donors (Lipinski definition) is 0. The molecule has 1 aliphatic carbocycles. The Labute approximate surface area is 125 Å². The Kier molecular flexibility index (Phi) is 3.45. The molecular formula is C16H24N4O. The van der Waals surface area contributed by atoms with Gasteiger partial charge in [-0.05, 0) is 31.2 Å². The maximum atomic E-state index is 11.9. The zero-order valence-electron chi connectivity index (χ0n) is 12.6. The Morgan fingerprint density at radius 3 is 2.86 bits per heavy atom. The predicted octanol–water partition coefficient (Wildman–Crippen LogP) is 1.66. The van der Waals surface area contributed by atoms with Gasteiger partial charge in [-0.25, -0.2) is 0 Å². The topological polar surface area (TPSA) is 41.4 Å². The van der Waals surface area contributed by atoms with Crippen molar-refractivity contribution in [1.82, 2.24) is 19.6 Å². The van der Waals surface area contributed by atoms with E-state index < -0.39 is 0 Å². The van der Waals surface area contributed by atoms with Crippen LogP contribution in [0.3, 0.4) is 0 Å². The zero-order valence-corrected chi connectivity index (χ0v) is 12.6. The van der Waals surface area contributed by atoms with Crippen molar-refractivity contribution in [2.45, 2.75) is 44.7 Å². The van der Waals surface area contributed by atoms with Gasteiger partial charge in [-0.2, -0.15) is 5.10 Å². The number of nitrogens with zero attached hydrogens (tertiary/aromatic N) is 4. The molecule has 1 amide bonds. The molecule has 0 bridgehead atoms. The van der Waals surface area contributed by atoms with Crippen molar-refractivity contribution in [3.63, 3.8) is 0 Å². The summed E-state index contributed by atoms with van der Waals surface area (Å²) in [4.78, 5) is 16.5. The maximum absolute atomic E-state index is 11.9. The molecule has 2 fully saturated rings. The summed E-state index contributed by atoms with van der Waals surface area (Å²) in [6, 6.07) is 2.46. The average Bonchev–Trinajstić information content (AvgIpc) is 3.04. The van der Waals surface area contributed by atoms with Crippen molar-refractivity contribution in [2.75, 3.05) is 26.2 Å². The number of amides is 1. The molecule has 1 saturated carbocycles. The van der Waals surface area contributed by atoms with Crippen LogP contribution in [0.4, 0.5) is 0 Å². The van der Waals surface area contributed by atoms with E-state index in [-0.39, 0.29) is 0 Å². The summed E-state index contributed by atoms with van der Waals surface area (Å²) in [5.74, 6) is 1.22. The van der Waals surface area contributed by atoms with Crippen LogP contribution in [0.5, 0.6) is 0 Å². The number of likely N-dealkylation sites (tertiary alicyclic amines) is 1. The number of carbonyl (C=O) groups excluding carboxylic acids is 1. The molecule has 0 spiro atoms. The quantitative estimate of drug-likeness (QED) is 0.846. The van der Waals surface area contributed by atoms with Crippen LogP contribution in [0.2, 0.25) is 0 Å². The van der Waals surface area contributed by atoms with Crippen molar-refractivity contribution in [2.24, 2.45) is 5.92 Å². The molecule has 5 nitrogen and oxygen atoms in total.